The molecule has 4 rings (SSSR count). The van der Waals surface area contributed by atoms with E-state index in [1.54, 1.807) is 12.1 Å². The Kier molecular flexibility index (Phi) is 3.60. The lowest BCUT2D eigenvalue weighted by Crippen LogP contribution is -2.39. The molecule has 2 amide bonds. The number of halogens is 2. The van der Waals surface area contributed by atoms with E-state index < -0.39 is 17.9 Å². The molecule has 1 N–H and O–H groups in total. The van der Waals surface area contributed by atoms with E-state index in [0.717, 1.165) is 18.5 Å². The lowest BCUT2D eigenvalue weighted by Gasteiger charge is -2.11. The maximum Gasteiger partial charge on any atom is 0.272 e. The highest BCUT2D eigenvalue weighted by atomic mass is 35.5. The quantitative estimate of drug-likeness (QED) is 0.864. The van der Waals surface area contributed by atoms with Crippen LogP contribution in [0.15, 0.2) is 18.3 Å². The van der Waals surface area contributed by atoms with Gasteiger partial charge in [0.1, 0.15) is 6.04 Å². The van der Waals surface area contributed by atoms with Gasteiger partial charge < -0.3 is 5.32 Å². The Hall–Kier alpha value is -2.28. The van der Waals surface area contributed by atoms with E-state index in [0.29, 0.717) is 22.0 Å². The molecule has 8 heteroatoms. The van der Waals surface area contributed by atoms with Gasteiger partial charge in [0.05, 0.1) is 22.8 Å². The van der Waals surface area contributed by atoms with Gasteiger partial charge in [-0.3, -0.25) is 9.59 Å². The topological polar surface area (TPSA) is 75.2 Å². The van der Waals surface area contributed by atoms with Crippen molar-refractivity contribution >= 4 is 34.4 Å². The molecular weight excluding hydrogens is 335 g/mol. The van der Waals surface area contributed by atoms with Crippen molar-refractivity contribution in [2.75, 3.05) is 6.54 Å². The summed E-state index contributed by atoms with van der Waals surface area (Å²) < 4.78 is 13.1. The summed E-state index contributed by atoms with van der Waals surface area (Å²) >= 11 is 6.26. The number of hydrogen-bond acceptors (Lipinski definition) is 4. The van der Waals surface area contributed by atoms with Gasteiger partial charge >= 0.3 is 0 Å². The summed E-state index contributed by atoms with van der Waals surface area (Å²) in [4.78, 5) is 32.5. The van der Waals surface area contributed by atoms with Crippen molar-refractivity contribution in [1.82, 2.24) is 20.4 Å². The molecule has 3 heterocycles. The number of carbonyl (C=O) groups excluding carboxylic acids is 2. The largest absolute Gasteiger partial charge is 0.340 e. The molecule has 1 aliphatic heterocycles. The van der Waals surface area contributed by atoms with Crippen molar-refractivity contribution in [3.8, 4) is 0 Å². The summed E-state index contributed by atoms with van der Waals surface area (Å²) in [5.74, 6) is -0.792. The minimum absolute atomic E-state index is 0.0107. The number of carbonyl (C=O) groups is 2. The molecule has 0 spiro atoms. The fourth-order valence-corrected chi connectivity index (χ4v) is 3.15. The molecule has 6 nitrogen and oxygen atoms in total. The standard InChI is InChI=1S/C16H14ClFN4O2/c17-11-6-9-5-10(7-19-14(9)21-13(11)8-1-2-8)15(23)20-12-3-4-22(18)16(12)24/h5-8,12H,1-4H2,(H,20,23)/t12-/m0/s1. The Labute approximate surface area is 141 Å². The van der Waals surface area contributed by atoms with Crippen LogP contribution in [0.4, 0.5) is 4.48 Å². The van der Waals surface area contributed by atoms with Gasteiger partial charge in [0, 0.05) is 17.5 Å². The highest BCUT2D eigenvalue weighted by Crippen LogP contribution is 2.42. The molecule has 0 unspecified atom stereocenters. The summed E-state index contributed by atoms with van der Waals surface area (Å²) in [6, 6.07) is 2.54. The zero-order chi connectivity index (χ0) is 16.8. The molecule has 2 aromatic rings. The van der Waals surface area contributed by atoms with E-state index in [4.69, 9.17) is 11.6 Å². The Balaban J connectivity index is 1.59. The second-order valence-corrected chi connectivity index (χ2v) is 6.55. The van der Waals surface area contributed by atoms with Crippen LogP contribution in [0, 0.1) is 0 Å². The first kappa shape index (κ1) is 15.3. The molecule has 24 heavy (non-hydrogen) atoms. The Morgan fingerprint density at radius 3 is 2.79 bits per heavy atom. The third-order valence-corrected chi connectivity index (χ3v) is 4.63. The van der Waals surface area contributed by atoms with Gasteiger partial charge in [-0.05, 0) is 31.4 Å². The van der Waals surface area contributed by atoms with Gasteiger partial charge in [-0.25, -0.2) is 9.97 Å². The van der Waals surface area contributed by atoms with Crippen LogP contribution in [0.5, 0.6) is 0 Å². The molecule has 0 aromatic carbocycles. The zero-order valence-corrected chi connectivity index (χ0v) is 13.4. The Morgan fingerprint density at radius 2 is 2.12 bits per heavy atom. The van der Waals surface area contributed by atoms with Crippen LogP contribution in [-0.4, -0.2) is 39.5 Å². The van der Waals surface area contributed by atoms with E-state index in [1.165, 1.54) is 6.20 Å². The highest BCUT2D eigenvalue weighted by Gasteiger charge is 2.33. The summed E-state index contributed by atoms with van der Waals surface area (Å²) in [5.41, 5.74) is 1.67. The second-order valence-electron chi connectivity index (χ2n) is 6.14. The number of hydrogen-bond donors (Lipinski definition) is 1. The first-order valence-electron chi connectivity index (χ1n) is 7.77. The molecule has 1 aliphatic carbocycles. The lowest BCUT2D eigenvalue weighted by molar-refractivity contribution is -0.141. The normalized spacial score (nSPS) is 20.7. The van der Waals surface area contributed by atoms with Crippen LogP contribution >= 0.6 is 11.6 Å². The second kappa shape index (κ2) is 5.66. The average Bonchev–Trinajstić information content (AvgIpc) is 3.36. The summed E-state index contributed by atoms with van der Waals surface area (Å²) in [5, 5.41) is 3.88. The van der Waals surface area contributed by atoms with Crippen molar-refractivity contribution in [2.24, 2.45) is 0 Å². The summed E-state index contributed by atoms with van der Waals surface area (Å²) in [7, 11) is 0. The molecule has 2 aliphatic rings. The predicted molar refractivity (Wildman–Crippen MR) is 85.2 cm³/mol. The number of amides is 2. The van der Waals surface area contributed by atoms with Crippen LogP contribution in [0.3, 0.4) is 0 Å². The van der Waals surface area contributed by atoms with Crippen LogP contribution < -0.4 is 5.32 Å². The fraction of sp³-hybridized carbons (Fsp3) is 0.375. The Bertz CT molecular complexity index is 855. The molecule has 124 valence electrons. The number of fused-ring (bicyclic) bond motifs is 1. The smallest absolute Gasteiger partial charge is 0.272 e. The molecule has 2 fully saturated rings. The monoisotopic (exact) mass is 348 g/mol. The molecule has 2 aromatic heterocycles. The number of rotatable bonds is 3. The van der Waals surface area contributed by atoms with Gasteiger partial charge in [0.25, 0.3) is 11.8 Å². The lowest BCUT2D eigenvalue weighted by atomic mass is 10.1. The van der Waals surface area contributed by atoms with Gasteiger partial charge in [-0.15, -0.1) is 0 Å². The molecule has 1 saturated heterocycles. The third-order valence-electron chi connectivity index (χ3n) is 4.33. The first-order valence-corrected chi connectivity index (χ1v) is 8.15. The van der Waals surface area contributed by atoms with Crippen LogP contribution in [-0.2, 0) is 4.79 Å². The molecule has 1 atom stereocenters. The van der Waals surface area contributed by atoms with Crippen LogP contribution in [0.1, 0.15) is 41.2 Å². The average molecular weight is 349 g/mol. The Morgan fingerprint density at radius 1 is 1.33 bits per heavy atom. The van der Waals surface area contributed by atoms with Crippen LogP contribution in [0.25, 0.3) is 11.0 Å². The predicted octanol–water partition coefficient (Wildman–Crippen LogP) is 2.38. The minimum Gasteiger partial charge on any atom is -0.340 e. The molecule has 1 saturated carbocycles. The number of aromatic nitrogens is 2. The van der Waals surface area contributed by atoms with Crippen LogP contribution in [0.2, 0.25) is 5.02 Å². The first-order chi connectivity index (χ1) is 11.5. The van der Waals surface area contributed by atoms with Crippen molar-refractivity contribution in [2.45, 2.75) is 31.2 Å². The maximum atomic E-state index is 13.1. The number of nitrogens with zero attached hydrogens (tertiary/aromatic N) is 3. The van der Waals surface area contributed by atoms with E-state index in [2.05, 4.69) is 15.3 Å². The van der Waals surface area contributed by atoms with Gasteiger partial charge in [-0.1, -0.05) is 16.1 Å². The van der Waals surface area contributed by atoms with Crippen molar-refractivity contribution in [1.29, 1.82) is 0 Å². The maximum absolute atomic E-state index is 13.1. The van der Waals surface area contributed by atoms with E-state index in [-0.39, 0.29) is 23.7 Å². The zero-order valence-electron chi connectivity index (χ0n) is 12.6. The van der Waals surface area contributed by atoms with Crippen molar-refractivity contribution in [3.05, 3.63) is 34.6 Å². The summed E-state index contributed by atoms with van der Waals surface area (Å²) in [6.07, 6.45) is 3.82. The number of pyridine rings is 2. The van der Waals surface area contributed by atoms with Gasteiger partial charge in [0.2, 0.25) is 0 Å². The van der Waals surface area contributed by atoms with E-state index >= 15 is 0 Å². The highest BCUT2D eigenvalue weighted by molar-refractivity contribution is 6.32. The van der Waals surface area contributed by atoms with Crippen molar-refractivity contribution in [3.63, 3.8) is 0 Å². The SMILES string of the molecule is O=C(N[C@H]1CCN(F)C1=O)c1cnc2nc(C3CC3)c(Cl)cc2c1. The van der Waals surface area contributed by atoms with Gasteiger partial charge in [-0.2, -0.15) is 5.12 Å². The summed E-state index contributed by atoms with van der Waals surface area (Å²) in [6.45, 7) is -0.0107. The van der Waals surface area contributed by atoms with E-state index in [9.17, 15) is 14.1 Å². The molecule has 0 radical (unpaired) electrons. The molecule has 0 bridgehead atoms. The number of nitrogens with one attached hydrogen (secondary N) is 1. The van der Waals surface area contributed by atoms with Crippen molar-refractivity contribution < 1.29 is 14.1 Å². The minimum atomic E-state index is -0.836. The van der Waals surface area contributed by atoms with E-state index in [1.807, 2.05) is 0 Å². The fourth-order valence-electron chi connectivity index (χ4n) is 2.84. The molecular formula is C16H14ClFN4O2. The third kappa shape index (κ3) is 2.69. The van der Waals surface area contributed by atoms with Gasteiger partial charge in [0.15, 0.2) is 5.65 Å².